The van der Waals surface area contributed by atoms with Gasteiger partial charge in [-0.15, -0.1) is 10.1 Å². The molecule has 0 heterocycles. The molecule has 0 aliphatic carbocycles. The van der Waals surface area contributed by atoms with Gasteiger partial charge in [-0.05, 0) is 0 Å². The van der Waals surface area contributed by atoms with Gasteiger partial charge in [-0.3, -0.25) is 4.76 Å². The zero-order chi connectivity index (χ0) is 7.28. The lowest BCUT2D eigenvalue weighted by molar-refractivity contribution is -0.724. The topological polar surface area (TPSA) is 106 Å². The minimum atomic E-state index is -2.12. The van der Waals surface area contributed by atoms with E-state index in [-0.39, 0.29) is 0 Å². The van der Waals surface area contributed by atoms with Gasteiger partial charge in [-0.25, -0.2) is 0 Å². The highest BCUT2D eigenvalue weighted by Crippen LogP contribution is 1.81. The maximum Gasteiger partial charge on any atom is 0.744 e. The van der Waals surface area contributed by atoms with Crippen molar-refractivity contribution in [2.45, 2.75) is 0 Å². The Morgan fingerprint density at radius 1 is 1.89 bits per heavy atom. The number of hydrogen-bond donors (Lipinski definition) is 1. The molecule has 0 fully saturated rings. The smallest absolute Gasteiger partial charge is 0.446 e. The van der Waals surface area contributed by atoms with Crippen molar-refractivity contribution in [2.75, 3.05) is 0 Å². The average Bonchev–Trinajstić information content (AvgIpc) is 1.63. The van der Waals surface area contributed by atoms with E-state index in [9.17, 15) is 10.1 Å². The van der Waals surface area contributed by atoms with Crippen LogP contribution < -0.4 is 0 Å². The SMILES string of the molecule is N#COB(O)O[N+](=O)[O-]. The molecule has 0 aliphatic rings. The standard InChI is InChI=1S/CHBN2O5/c3-1-8-2(5)9-4(6)7/h5H. The lowest BCUT2D eigenvalue weighted by Gasteiger charge is -1.94. The Balaban J connectivity index is 3.40. The van der Waals surface area contributed by atoms with Crippen LogP contribution in [0.3, 0.4) is 0 Å². The summed E-state index contributed by atoms with van der Waals surface area (Å²) in [6.45, 7) is 0. The van der Waals surface area contributed by atoms with Crippen LogP contribution in [0.4, 0.5) is 0 Å². The molecule has 0 rings (SSSR count). The summed E-state index contributed by atoms with van der Waals surface area (Å²) >= 11 is 0. The fourth-order valence-corrected chi connectivity index (χ4v) is 0.140. The minimum Gasteiger partial charge on any atom is -0.446 e. The van der Waals surface area contributed by atoms with Gasteiger partial charge in [0.25, 0.3) is 11.3 Å². The van der Waals surface area contributed by atoms with Crippen LogP contribution in [-0.4, -0.2) is 17.4 Å². The zero-order valence-corrected chi connectivity index (χ0v) is 4.05. The van der Waals surface area contributed by atoms with Gasteiger partial charge in [-0.1, -0.05) is 0 Å². The molecule has 0 aliphatic heterocycles. The third-order valence-electron chi connectivity index (χ3n) is 0.330. The Labute approximate surface area is 49.7 Å². The molecule has 0 aromatic carbocycles. The van der Waals surface area contributed by atoms with E-state index >= 15 is 0 Å². The highest BCUT2D eigenvalue weighted by molar-refractivity contribution is 6.34. The van der Waals surface area contributed by atoms with Crippen molar-refractivity contribution in [1.29, 1.82) is 5.26 Å². The predicted molar refractivity (Wildman–Crippen MR) is 22.8 cm³/mol. The summed E-state index contributed by atoms with van der Waals surface area (Å²) in [5, 5.41) is 23.8. The second-order valence-electron chi connectivity index (χ2n) is 0.845. The van der Waals surface area contributed by atoms with E-state index in [0.717, 1.165) is 6.26 Å². The van der Waals surface area contributed by atoms with E-state index < -0.39 is 12.4 Å². The molecular weight excluding hydrogens is 131 g/mol. The van der Waals surface area contributed by atoms with E-state index in [2.05, 4.69) is 9.41 Å². The molecule has 48 valence electrons. The summed E-state index contributed by atoms with van der Waals surface area (Å²) in [6.07, 6.45) is 0.993. The maximum atomic E-state index is 9.32. The lowest BCUT2D eigenvalue weighted by atomic mass is 10.3. The third kappa shape index (κ3) is 4.37. The summed E-state index contributed by atoms with van der Waals surface area (Å²) in [5.41, 5.74) is 0. The molecule has 0 saturated carbocycles. The molecule has 0 aromatic rings. The van der Waals surface area contributed by atoms with Gasteiger partial charge in [0.15, 0.2) is 0 Å². The van der Waals surface area contributed by atoms with Gasteiger partial charge in [0.1, 0.15) is 0 Å². The average molecular weight is 132 g/mol. The first-order valence-corrected chi connectivity index (χ1v) is 1.71. The number of hydrogen-bond acceptors (Lipinski definition) is 6. The molecule has 0 unspecified atom stereocenters. The van der Waals surface area contributed by atoms with Crippen molar-refractivity contribution < 1.29 is 19.5 Å². The monoisotopic (exact) mass is 132 g/mol. The number of nitriles is 1. The molecule has 0 aromatic heterocycles. The Hall–Kier alpha value is -1.49. The van der Waals surface area contributed by atoms with Crippen LogP contribution >= 0.6 is 0 Å². The van der Waals surface area contributed by atoms with Crippen LogP contribution in [0.5, 0.6) is 0 Å². The summed E-state index contributed by atoms with van der Waals surface area (Å²) in [5.74, 6) is 0. The number of rotatable bonds is 3. The fourth-order valence-electron chi connectivity index (χ4n) is 0.140. The van der Waals surface area contributed by atoms with Gasteiger partial charge < -0.3 is 9.68 Å². The Morgan fingerprint density at radius 3 is 2.78 bits per heavy atom. The van der Waals surface area contributed by atoms with E-state index in [4.69, 9.17) is 10.3 Å². The second-order valence-corrected chi connectivity index (χ2v) is 0.845. The number of nitrogens with zero attached hydrogens (tertiary/aromatic N) is 2. The van der Waals surface area contributed by atoms with Crippen molar-refractivity contribution in [3.63, 3.8) is 0 Å². The molecule has 0 saturated heterocycles. The first kappa shape index (κ1) is 7.51. The van der Waals surface area contributed by atoms with Crippen LogP contribution in [-0.2, 0) is 9.41 Å². The normalized spacial score (nSPS) is 7.11. The van der Waals surface area contributed by atoms with Crippen molar-refractivity contribution in [3.8, 4) is 6.26 Å². The molecule has 0 radical (unpaired) electrons. The Bertz CT molecular complexity index is 140. The third-order valence-corrected chi connectivity index (χ3v) is 0.330. The van der Waals surface area contributed by atoms with Crippen molar-refractivity contribution in [2.24, 2.45) is 0 Å². The summed E-state index contributed by atoms with van der Waals surface area (Å²) in [4.78, 5) is 9.32. The van der Waals surface area contributed by atoms with E-state index in [0.29, 0.717) is 0 Å². The first-order chi connectivity index (χ1) is 4.16. The van der Waals surface area contributed by atoms with Crippen LogP contribution in [0, 0.1) is 21.6 Å². The maximum absolute atomic E-state index is 9.32. The molecule has 0 spiro atoms. The summed E-state index contributed by atoms with van der Waals surface area (Å²) < 4.78 is 6.87. The lowest BCUT2D eigenvalue weighted by Crippen LogP contribution is -2.23. The molecule has 0 amide bonds. The first-order valence-electron chi connectivity index (χ1n) is 1.71. The van der Waals surface area contributed by atoms with Gasteiger partial charge in [0, 0.05) is 0 Å². The van der Waals surface area contributed by atoms with Crippen LogP contribution in [0.15, 0.2) is 0 Å². The highest BCUT2D eigenvalue weighted by atomic mass is 17.0. The summed E-state index contributed by atoms with van der Waals surface area (Å²) in [6, 6.07) is 0. The predicted octanol–water partition coefficient (Wildman–Crippen LogP) is -1.33. The molecule has 9 heavy (non-hydrogen) atoms. The molecule has 1 N–H and O–H groups in total. The van der Waals surface area contributed by atoms with Gasteiger partial charge >= 0.3 is 7.32 Å². The fraction of sp³-hybridized carbons (Fsp3) is 0. The van der Waals surface area contributed by atoms with E-state index in [1.165, 1.54) is 0 Å². The quantitative estimate of drug-likeness (QED) is 0.220. The molecule has 7 nitrogen and oxygen atoms in total. The van der Waals surface area contributed by atoms with Gasteiger partial charge in [-0.2, -0.15) is 5.26 Å². The van der Waals surface area contributed by atoms with Crippen molar-refractivity contribution in [3.05, 3.63) is 10.1 Å². The van der Waals surface area contributed by atoms with Crippen LogP contribution in [0.1, 0.15) is 0 Å². The van der Waals surface area contributed by atoms with Crippen LogP contribution in [0.25, 0.3) is 0 Å². The van der Waals surface area contributed by atoms with Crippen molar-refractivity contribution >= 4 is 7.32 Å². The van der Waals surface area contributed by atoms with Gasteiger partial charge in [0.2, 0.25) is 0 Å². The van der Waals surface area contributed by atoms with Crippen molar-refractivity contribution in [1.82, 2.24) is 0 Å². The molecule has 8 heteroatoms. The molecular formula is CHBN2O5. The van der Waals surface area contributed by atoms with Crippen LogP contribution in [0.2, 0.25) is 0 Å². The summed E-state index contributed by atoms with van der Waals surface area (Å²) in [7, 11) is -2.12. The second kappa shape index (κ2) is 3.51. The van der Waals surface area contributed by atoms with E-state index in [1.807, 2.05) is 0 Å². The largest absolute Gasteiger partial charge is 0.744 e. The molecule has 0 bridgehead atoms. The molecule has 0 atom stereocenters. The zero-order valence-electron chi connectivity index (χ0n) is 4.05. The Kier molecular flexibility index (Phi) is 2.93. The van der Waals surface area contributed by atoms with Gasteiger partial charge in [0.05, 0.1) is 0 Å². The highest BCUT2D eigenvalue weighted by Gasteiger charge is 2.20. The minimum absolute atomic E-state index is 0.993. The Morgan fingerprint density at radius 2 is 2.44 bits per heavy atom. The van der Waals surface area contributed by atoms with E-state index in [1.54, 1.807) is 0 Å².